The first-order valence-corrected chi connectivity index (χ1v) is 10.2. The first kappa shape index (κ1) is 20.2. The van der Waals surface area contributed by atoms with Crippen molar-refractivity contribution in [2.24, 2.45) is 5.41 Å². The van der Waals surface area contributed by atoms with Gasteiger partial charge < -0.3 is 10.2 Å². The molecule has 5 nitrogen and oxygen atoms in total. The van der Waals surface area contributed by atoms with Crippen LogP contribution in [0.4, 0.5) is 0 Å². The number of carbonyl (C=O) groups is 1. The van der Waals surface area contributed by atoms with Gasteiger partial charge in [0.05, 0.1) is 15.7 Å². The molecule has 2 fully saturated rings. The molecule has 7 heteroatoms. The fourth-order valence-corrected chi connectivity index (χ4v) is 4.96. The van der Waals surface area contributed by atoms with Gasteiger partial charge in [0.1, 0.15) is 0 Å². The van der Waals surface area contributed by atoms with Crippen molar-refractivity contribution in [1.29, 1.82) is 0 Å². The van der Waals surface area contributed by atoms with Gasteiger partial charge in [0.25, 0.3) is 5.91 Å². The number of hydrogen-bond donors (Lipinski definition) is 1. The number of sulfone groups is 1. The highest BCUT2D eigenvalue weighted by Crippen LogP contribution is 2.37. The van der Waals surface area contributed by atoms with Gasteiger partial charge in [0.2, 0.25) is 0 Å². The lowest BCUT2D eigenvalue weighted by Gasteiger charge is -2.39. The zero-order valence-electron chi connectivity index (χ0n) is 14.8. The molecule has 2 aliphatic heterocycles. The second kappa shape index (κ2) is 7.64. The summed E-state index contributed by atoms with van der Waals surface area (Å²) in [5.41, 5.74) is 0.645. The maximum Gasteiger partial charge on any atom is 0.255 e. The molecule has 0 aromatic heterocycles. The quantitative estimate of drug-likeness (QED) is 0.866. The molecule has 25 heavy (non-hydrogen) atoms. The van der Waals surface area contributed by atoms with Crippen LogP contribution in [0, 0.1) is 5.41 Å². The third-order valence-electron chi connectivity index (χ3n) is 5.49. The zero-order valence-corrected chi connectivity index (χ0v) is 16.5. The molecule has 1 amide bonds. The number of rotatable bonds is 3. The van der Waals surface area contributed by atoms with Crippen molar-refractivity contribution in [1.82, 2.24) is 10.2 Å². The van der Waals surface area contributed by atoms with E-state index in [-0.39, 0.29) is 23.2 Å². The number of nitrogens with one attached hydrogen (secondary N) is 1. The first-order chi connectivity index (χ1) is 11.4. The molecule has 0 aliphatic carbocycles. The second-order valence-electron chi connectivity index (χ2n) is 7.31. The molecule has 0 atom stereocenters. The number of halogens is 1. The summed E-state index contributed by atoms with van der Waals surface area (Å²) in [6.45, 7) is 6.80. The summed E-state index contributed by atoms with van der Waals surface area (Å²) in [6, 6.07) is 6.61. The van der Waals surface area contributed by atoms with Crippen LogP contribution in [0.15, 0.2) is 29.2 Å². The van der Waals surface area contributed by atoms with Crippen LogP contribution in [-0.4, -0.2) is 50.7 Å². The van der Waals surface area contributed by atoms with Crippen molar-refractivity contribution < 1.29 is 13.2 Å². The molecule has 1 N–H and O–H groups in total. The van der Waals surface area contributed by atoms with E-state index < -0.39 is 15.1 Å². The normalized spacial score (nSPS) is 19.9. The van der Waals surface area contributed by atoms with Crippen LogP contribution in [0.3, 0.4) is 0 Å². The molecule has 2 saturated heterocycles. The lowest BCUT2D eigenvalue weighted by atomic mass is 9.78. The monoisotopic (exact) mass is 386 g/mol. The summed E-state index contributed by atoms with van der Waals surface area (Å²) in [7, 11) is -3.47. The van der Waals surface area contributed by atoms with Gasteiger partial charge in [0, 0.05) is 19.6 Å². The third kappa shape index (κ3) is 3.86. The number of hydrogen-bond acceptors (Lipinski definition) is 4. The number of benzene rings is 1. The van der Waals surface area contributed by atoms with Crippen molar-refractivity contribution in [3.63, 3.8) is 0 Å². The second-order valence-corrected chi connectivity index (χ2v) is 9.78. The van der Waals surface area contributed by atoms with E-state index in [1.54, 1.807) is 38.1 Å². The highest BCUT2D eigenvalue weighted by molar-refractivity contribution is 7.92. The average molecular weight is 387 g/mol. The molecular weight excluding hydrogens is 360 g/mol. The van der Waals surface area contributed by atoms with E-state index in [9.17, 15) is 13.2 Å². The fourth-order valence-electron chi connectivity index (χ4n) is 3.72. The number of nitrogens with zero attached hydrogens (tertiary/aromatic N) is 1. The Morgan fingerprint density at radius 3 is 2.36 bits per heavy atom. The highest BCUT2D eigenvalue weighted by atomic mass is 35.5. The van der Waals surface area contributed by atoms with Crippen LogP contribution in [0.25, 0.3) is 0 Å². The molecule has 1 spiro atoms. The standard InChI is InChI=1S/C18H26N2O3S.ClH/c1-14(2)24(22,23)16-6-4-3-5-15(16)17(21)20-11-8-18(9-12-20)7-10-19-13-18;/h3-6,14,19H,7-13H2,1-2H3;1H. The van der Waals surface area contributed by atoms with Crippen LogP contribution in [0.1, 0.15) is 43.5 Å². The summed E-state index contributed by atoms with van der Waals surface area (Å²) in [5.74, 6) is -0.157. The van der Waals surface area contributed by atoms with Crippen LogP contribution in [0.5, 0.6) is 0 Å². The summed E-state index contributed by atoms with van der Waals surface area (Å²) in [4.78, 5) is 14.9. The SMILES string of the molecule is CC(C)S(=O)(=O)c1ccccc1C(=O)N1CCC2(CCNC2)CC1.Cl. The number of likely N-dealkylation sites (tertiary alicyclic amines) is 1. The number of piperidine rings is 1. The largest absolute Gasteiger partial charge is 0.339 e. The smallest absolute Gasteiger partial charge is 0.255 e. The Morgan fingerprint density at radius 2 is 1.80 bits per heavy atom. The Labute approximate surface area is 156 Å². The van der Waals surface area contributed by atoms with Gasteiger partial charge in [-0.2, -0.15) is 0 Å². The molecular formula is C18H27ClN2O3S. The number of carbonyl (C=O) groups excluding carboxylic acids is 1. The topological polar surface area (TPSA) is 66.5 Å². The molecule has 1 aromatic carbocycles. The molecule has 2 heterocycles. The predicted octanol–water partition coefficient (Wildman–Crippen LogP) is 2.51. The lowest BCUT2D eigenvalue weighted by Crippen LogP contribution is -2.44. The highest BCUT2D eigenvalue weighted by Gasteiger charge is 2.38. The van der Waals surface area contributed by atoms with Crippen molar-refractivity contribution in [3.05, 3.63) is 29.8 Å². The van der Waals surface area contributed by atoms with Gasteiger partial charge >= 0.3 is 0 Å². The first-order valence-electron chi connectivity index (χ1n) is 8.69. The van der Waals surface area contributed by atoms with Crippen molar-refractivity contribution >= 4 is 28.2 Å². The lowest BCUT2D eigenvalue weighted by molar-refractivity contribution is 0.0604. The van der Waals surface area contributed by atoms with E-state index in [4.69, 9.17) is 0 Å². The van der Waals surface area contributed by atoms with Crippen LogP contribution >= 0.6 is 12.4 Å². The van der Waals surface area contributed by atoms with Crippen LogP contribution < -0.4 is 5.32 Å². The van der Waals surface area contributed by atoms with Crippen molar-refractivity contribution in [3.8, 4) is 0 Å². The summed E-state index contributed by atoms with van der Waals surface area (Å²) in [5, 5.41) is 2.88. The molecule has 3 rings (SSSR count). The number of amides is 1. The molecule has 140 valence electrons. The summed E-state index contributed by atoms with van der Waals surface area (Å²) < 4.78 is 25.1. The molecule has 0 radical (unpaired) electrons. The van der Waals surface area contributed by atoms with Gasteiger partial charge in [-0.05, 0) is 57.2 Å². The Morgan fingerprint density at radius 1 is 1.16 bits per heavy atom. The third-order valence-corrected chi connectivity index (χ3v) is 7.70. The minimum absolute atomic E-state index is 0. The minimum Gasteiger partial charge on any atom is -0.339 e. The van der Waals surface area contributed by atoms with Gasteiger partial charge in [0.15, 0.2) is 9.84 Å². The van der Waals surface area contributed by atoms with Crippen molar-refractivity contribution in [2.75, 3.05) is 26.2 Å². The van der Waals surface area contributed by atoms with E-state index in [1.807, 2.05) is 4.90 Å². The molecule has 0 saturated carbocycles. The Hall–Kier alpha value is -1.11. The van der Waals surface area contributed by atoms with Gasteiger partial charge in [-0.3, -0.25) is 4.79 Å². The van der Waals surface area contributed by atoms with E-state index in [2.05, 4.69) is 5.32 Å². The maximum absolute atomic E-state index is 12.9. The Balaban J connectivity index is 0.00000225. The fraction of sp³-hybridized carbons (Fsp3) is 0.611. The van der Waals surface area contributed by atoms with Gasteiger partial charge in [-0.25, -0.2) is 8.42 Å². The molecule has 0 unspecified atom stereocenters. The van der Waals surface area contributed by atoms with E-state index in [0.717, 1.165) is 25.9 Å². The van der Waals surface area contributed by atoms with E-state index >= 15 is 0 Å². The predicted molar refractivity (Wildman–Crippen MR) is 101 cm³/mol. The van der Waals surface area contributed by atoms with Crippen molar-refractivity contribution in [2.45, 2.75) is 43.3 Å². The van der Waals surface area contributed by atoms with E-state index in [0.29, 0.717) is 24.1 Å². The summed E-state index contributed by atoms with van der Waals surface area (Å²) >= 11 is 0. The van der Waals surface area contributed by atoms with E-state index in [1.165, 1.54) is 6.42 Å². The Kier molecular flexibility index (Phi) is 6.17. The molecule has 1 aromatic rings. The zero-order chi connectivity index (χ0) is 17.4. The van der Waals surface area contributed by atoms with Gasteiger partial charge in [-0.15, -0.1) is 12.4 Å². The molecule has 0 bridgehead atoms. The average Bonchev–Trinajstić information content (AvgIpc) is 3.03. The minimum atomic E-state index is -3.47. The van der Waals surface area contributed by atoms with Crippen LogP contribution in [-0.2, 0) is 9.84 Å². The molecule has 2 aliphatic rings. The van der Waals surface area contributed by atoms with Gasteiger partial charge in [-0.1, -0.05) is 12.1 Å². The summed E-state index contributed by atoms with van der Waals surface area (Å²) in [6.07, 6.45) is 3.16. The maximum atomic E-state index is 12.9. The Bertz CT molecular complexity index is 718. The van der Waals surface area contributed by atoms with Crippen LogP contribution in [0.2, 0.25) is 0 Å².